The number of aromatic nitrogens is 2. The Labute approximate surface area is 124 Å². The largest absolute Gasteiger partial charge is 0.496 e. The lowest BCUT2D eigenvalue weighted by atomic mass is 10.2. The molecular formula is C12H13FN2OS3. The zero-order valence-electron chi connectivity index (χ0n) is 10.6. The van der Waals surface area contributed by atoms with E-state index in [1.54, 1.807) is 48.0 Å². The van der Waals surface area contributed by atoms with Crippen molar-refractivity contribution in [3.8, 4) is 5.75 Å². The van der Waals surface area contributed by atoms with Crippen LogP contribution in [0.2, 0.25) is 0 Å². The molecule has 0 aliphatic rings. The van der Waals surface area contributed by atoms with Crippen LogP contribution < -0.4 is 4.74 Å². The van der Waals surface area contributed by atoms with Crippen molar-refractivity contribution in [1.82, 2.24) is 10.2 Å². The van der Waals surface area contributed by atoms with Crippen molar-refractivity contribution in [2.45, 2.75) is 15.8 Å². The molecule has 102 valence electrons. The van der Waals surface area contributed by atoms with Crippen molar-refractivity contribution >= 4 is 34.9 Å². The molecule has 2 aromatic rings. The van der Waals surface area contributed by atoms with Gasteiger partial charge in [-0.25, -0.2) is 4.39 Å². The number of thioether (sulfide) groups is 2. The number of ether oxygens (including phenoxy) is 1. The van der Waals surface area contributed by atoms with Gasteiger partial charge in [-0.2, -0.15) is 0 Å². The third-order valence-corrected chi connectivity index (χ3v) is 5.42. The molecule has 0 saturated heterocycles. The first-order chi connectivity index (χ1) is 9.22. The van der Waals surface area contributed by atoms with Crippen molar-refractivity contribution in [1.29, 1.82) is 0 Å². The second-order valence-electron chi connectivity index (χ2n) is 3.61. The summed E-state index contributed by atoms with van der Waals surface area (Å²) < 4.78 is 19.4. The van der Waals surface area contributed by atoms with Crippen LogP contribution in [0.25, 0.3) is 0 Å². The minimum atomic E-state index is -0.239. The highest BCUT2D eigenvalue weighted by atomic mass is 32.2. The summed E-state index contributed by atoms with van der Waals surface area (Å²) >= 11 is 4.86. The zero-order valence-corrected chi connectivity index (χ0v) is 13.0. The lowest BCUT2D eigenvalue weighted by molar-refractivity contribution is 0.410. The molecule has 0 saturated carbocycles. The van der Waals surface area contributed by atoms with Crippen LogP contribution >= 0.6 is 34.9 Å². The van der Waals surface area contributed by atoms with Gasteiger partial charge in [0.25, 0.3) is 0 Å². The SMILES string of the molecule is COc1ccc(F)cc1CSCc1nnc(SC)s1. The molecule has 0 aliphatic carbocycles. The number of halogens is 1. The highest BCUT2D eigenvalue weighted by Gasteiger charge is 2.07. The zero-order chi connectivity index (χ0) is 13.7. The summed E-state index contributed by atoms with van der Waals surface area (Å²) in [6, 6.07) is 4.57. The Morgan fingerprint density at radius 1 is 1.32 bits per heavy atom. The maximum Gasteiger partial charge on any atom is 0.174 e. The molecule has 0 aliphatic heterocycles. The van der Waals surface area contributed by atoms with E-state index < -0.39 is 0 Å². The number of methoxy groups -OCH3 is 1. The highest BCUT2D eigenvalue weighted by molar-refractivity contribution is 8.00. The molecule has 0 bridgehead atoms. The smallest absolute Gasteiger partial charge is 0.174 e. The predicted octanol–water partition coefficient (Wildman–Crippen LogP) is 3.84. The van der Waals surface area contributed by atoms with Gasteiger partial charge in [-0.1, -0.05) is 23.1 Å². The Bertz CT molecular complexity index is 548. The third kappa shape index (κ3) is 4.09. The van der Waals surface area contributed by atoms with Crippen LogP contribution in [0.3, 0.4) is 0 Å². The van der Waals surface area contributed by atoms with E-state index in [4.69, 9.17) is 4.74 Å². The summed E-state index contributed by atoms with van der Waals surface area (Å²) in [5.74, 6) is 1.94. The van der Waals surface area contributed by atoms with Crippen molar-refractivity contribution in [3.05, 3.63) is 34.6 Å². The monoisotopic (exact) mass is 316 g/mol. The number of rotatable bonds is 6. The Kier molecular flexibility index (Phi) is 5.47. The summed E-state index contributed by atoms with van der Waals surface area (Å²) in [6.45, 7) is 0. The molecule has 0 amide bonds. The topological polar surface area (TPSA) is 35.0 Å². The van der Waals surface area contributed by atoms with Gasteiger partial charge in [0.15, 0.2) is 4.34 Å². The number of benzene rings is 1. The van der Waals surface area contributed by atoms with Crippen molar-refractivity contribution < 1.29 is 9.13 Å². The van der Waals surface area contributed by atoms with Gasteiger partial charge >= 0.3 is 0 Å². The van der Waals surface area contributed by atoms with Gasteiger partial charge in [-0.05, 0) is 24.5 Å². The molecule has 0 radical (unpaired) electrons. The average molecular weight is 316 g/mol. The number of hydrogen-bond donors (Lipinski definition) is 0. The van der Waals surface area contributed by atoms with Crippen LogP contribution in [-0.2, 0) is 11.5 Å². The van der Waals surface area contributed by atoms with Crippen LogP contribution in [-0.4, -0.2) is 23.6 Å². The molecule has 0 spiro atoms. The van der Waals surface area contributed by atoms with E-state index in [0.717, 1.165) is 26.4 Å². The van der Waals surface area contributed by atoms with Gasteiger partial charge < -0.3 is 4.74 Å². The summed E-state index contributed by atoms with van der Waals surface area (Å²) in [7, 11) is 1.59. The third-order valence-electron chi connectivity index (χ3n) is 2.35. The van der Waals surface area contributed by atoms with E-state index >= 15 is 0 Å². The first-order valence-corrected chi connectivity index (χ1v) is 8.69. The van der Waals surface area contributed by atoms with E-state index in [1.165, 1.54) is 12.1 Å². The second kappa shape index (κ2) is 7.12. The lowest BCUT2D eigenvalue weighted by Gasteiger charge is -2.07. The molecular weight excluding hydrogens is 303 g/mol. The second-order valence-corrected chi connectivity index (χ2v) is 6.72. The van der Waals surface area contributed by atoms with Crippen LogP contribution in [0.4, 0.5) is 4.39 Å². The Hall–Kier alpha value is -0.790. The Morgan fingerprint density at radius 3 is 2.84 bits per heavy atom. The van der Waals surface area contributed by atoms with E-state index in [2.05, 4.69) is 10.2 Å². The van der Waals surface area contributed by atoms with Gasteiger partial charge in [0.2, 0.25) is 0 Å². The Balaban J connectivity index is 1.93. The van der Waals surface area contributed by atoms with Crippen LogP contribution in [0.5, 0.6) is 5.75 Å². The molecule has 1 aromatic heterocycles. The van der Waals surface area contributed by atoms with Crippen LogP contribution in [0, 0.1) is 5.82 Å². The number of hydrogen-bond acceptors (Lipinski definition) is 6. The fraction of sp³-hybridized carbons (Fsp3) is 0.333. The average Bonchev–Trinajstić information content (AvgIpc) is 2.87. The number of nitrogens with zero attached hydrogens (tertiary/aromatic N) is 2. The minimum Gasteiger partial charge on any atom is -0.496 e. The maximum absolute atomic E-state index is 13.2. The molecule has 19 heavy (non-hydrogen) atoms. The highest BCUT2D eigenvalue weighted by Crippen LogP contribution is 2.28. The van der Waals surface area contributed by atoms with Crippen LogP contribution in [0.15, 0.2) is 22.5 Å². The summed E-state index contributed by atoms with van der Waals surface area (Å²) in [6.07, 6.45) is 1.98. The fourth-order valence-corrected chi connectivity index (χ4v) is 3.86. The molecule has 0 atom stereocenters. The summed E-state index contributed by atoms with van der Waals surface area (Å²) in [5.41, 5.74) is 0.863. The van der Waals surface area contributed by atoms with Gasteiger partial charge in [-0.3, -0.25) is 0 Å². The van der Waals surface area contributed by atoms with Crippen molar-refractivity contribution in [2.24, 2.45) is 0 Å². The fourth-order valence-electron chi connectivity index (χ4n) is 1.49. The molecule has 3 nitrogen and oxygen atoms in total. The molecule has 7 heteroatoms. The van der Waals surface area contributed by atoms with E-state index in [9.17, 15) is 4.39 Å². The van der Waals surface area contributed by atoms with E-state index in [1.807, 2.05) is 6.26 Å². The van der Waals surface area contributed by atoms with Crippen molar-refractivity contribution in [2.75, 3.05) is 13.4 Å². The van der Waals surface area contributed by atoms with E-state index in [0.29, 0.717) is 5.75 Å². The molecule has 0 N–H and O–H groups in total. The Morgan fingerprint density at radius 2 is 2.16 bits per heavy atom. The van der Waals surface area contributed by atoms with Gasteiger partial charge in [0.1, 0.15) is 16.6 Å². The molecule has 2 rings (SSSR count). The van der Waals surface area contributed by atoms with Gasteiger partial charge in [0, 0.05) is 17.1 Å². The maximum atomic E-state index is 13.2. The van der Waals surface area contributed by atoms with Gasteiger partial charge in [-0.15, -0.1) is 22.0 Å². The van der Waals surface area contributed by atoms with E-state index in [-0.39, 0.29) is 5.82 Å². The molecule has 1 aromatic carbocycles. The normalized spacial score (nSPS) is 10.7. The quantitative estimate of drug-likeness (QED) is 0.757. The molecule has 0 fully saturated rings. The molecule has 0 unspecified atom stereocenters. The minimum absolute atomic E-state index is 0.239. The standard InChI is InChI=1S/C12H13FN2OS3/c1-16-10-4-3-9(13)5-8(10)6-18-7-11-14-15-12(17-2)19-11/h3-5H,6-7H2,1-2H3. The molecule has 1 heterocycles. The predicted molar refractivity (Wildman–Crippen MR) is 79.6 cm³/mol. The first-order valence-electron chi connectivity index (χ1n) is 5.49. The summed E-state index contributed by atoms with van der Waals surface area (Å²) in [5, 5.41) is 9.13. The lowest BCUT2D eigenvalue weighted by Crippen LogP contribution is -1.92. The first kappa shape index (κ1) is 14.6. The summed E-state index contributed by atoms with van der Waals surface area (Å²) in [4.78, 5) is 0. The van der Waals surface area contributed by atoms with Crippen LogP contribution in [0.1, 0.15) is 10.6 Å². The van der Waals surface area contributed by atoms with Gasteiger partial charge in [0.05, 0.1) is 7.11 Å². The van der Waals surface area contributed by atoms with Crippen molar-refractivity contribution in [3.63, 3.8) is 0 Å².